The Bertz CT molecular complexity index is 615. The van der Waals surface area contributed by atoms with Gasteiger partial charge in [-0.25, -0.2) is 0 Å². The van der Waals surface area contributed by atoms with Crippen molar-refractivity contribution in [3.8, 4) is 0 Å². The first-order valence-corrected chi connectivity index (χ1v) is 6.64. The molecular formula is C17H19NO2. The van der Waals surface area contributed by atoms with Gasteiger partial charge in [0.05, 0.1) is 6.10 Å². The van der Waals surface area contributed by atoms with Crippen molar-refractivity contribution in [2.75, 3.05) is 5.32 Å². The number of aryl methyl sites for hydroxylation is 2. The molecule has 2 aromatic rings. The Morgan fingerprint density at radius 3 is 2.25 bits per heavy atom. The first kappa shape index (κ1) is 14.3. The van der Waals surface area contributed by atoms with Gasteiger partial charge in [-0.3, -0.25) is 4.79 Å². The van der Waals surface area contributed by atoms with Crippen molar-refractivity contribution in [1.82, 2.24) is 0 Å². The van der Waals surface area contributed by atoms with E-state index in [1.54, 1.807) is 31.2 Å². The molecule has 104 valence electrons. The minimum absolute atomic E-state index is 0.127. The van der Waals surface area contributed by atoms with Crippen LogP contribution in [0.25, 0.3) is 0 Å². The Kier molecular flexibility index (Phi) is 4.20. The van der Waals surface area contributed by atoms with E-state index < -0.39 is 6.10 Å². The monoisotopic (exact) mass is 269 g/mol. The lowest BCUT2D eigenvalue weighted by molar-refractivity contribution is 0.102. The Morgan fingerprint density at radius 2 is 1.70 bits per heavy atom. The molecule has 0 bridgehead atoms. The van der Waals surface area contributed by atoms with Gasteiger partial charge in [0, 0.05) is 11.3 Å². The molecule has 0 radical (unpaired) electrons. The van der Waals surface area contributed by atoms with Gasteiger partial charge >= 0.3 is 0 Å². The van der Waals surface area contributed by atoms with E-state index in [4.69, 9.17) is 0 Å². The van der Waals surface area contributed by atoms with Crippen LogP contribution in [0.4, 0.5) is 5.69 Å². The molecule has 3 heteroatoms. The third-order valence-corrected chi connectivity index (χ3v) is 3.42. The zero-order valence-electron chi connectivity index (χ0n) is 12.0. The highest BCUT2D eigenvalue weighted by Gasteiger charge is 2.07. The molecule has 0 aliphatic heterocycles. The molecule has 0 aliphatic rings. The van der Waals surface area contributed by atoms with Gasteiger partial charge in [0.15, 0.2) is 0 Å². The van der Waals surface area contributed by atoms with Gasteiger partial charge in [0.2, 0.25) is 0 Å². The fourth-order valence-electron chi connectivity index (χ4n) is 1.93. The summed E-state index contributed by atoms with van der Waals surface area (Å²) in [4.78, 5) is 12.1. The second-order valence-corrected chi connectivity index (χ2v) is 5.05. The highest BCUT2D eigenvalue weighted by Crippen LogP contribution is 2.17. The summed E-state index contributed by atoms with van der Waals surface area (Å²) in [5.74, 6) is -0.127. The second kappa shape index (κ2) is 5.88. The summed E-state index contributed by atoms with van der Waals surface area (Å²) >= 11 is 0. The van der Waals surface area contributed by atoms with E-state index in [1.165, 1.54) is 5.56 Å². The van der Waals surface area contributed by atoms with Crippen molar-refractivity contribution in [1.29, 1.82) is 0 Å². The smallest absolute Gasteiger partial charge is 0.255 e. The van der Waals surface area contributed by atoms with E-state index in [0.29, 0.717) is 5.56 Å². The van der Waals surface area contributed by atoms with E-state index >= 15 is 0 Å². The van der Waals surface area contributed by atoms with Crippen LogP contribution in [0.1, 0.15) is 40.1 Å². The molecule has 1 unspecified atom stereocenters. The lowest BCUT2D eigenvalue weighted by atomic mass is 10.1. The number of aliphatic hydroxyl groups is 1. The van der Waals surface area contributed by atoms with E-state index in [1.807, 2.05) is 32.0 Å². The Balaban J connectivity index is 2.12. The van der Waals surface area contributed by atoms with Crippen LogP contribution >= 0.6 is 0 Å². The number of aliphatic hydroxyl groups excluding tert-OH is 1. The molecule has 1 amide bonds. The van der Waals surface area contributed by atoms with E-state index in [-0.39, 0.29) is 5.91 Å². The SMILES string of the molecule is Cc1ccc(C(=O)Nc2ccc(C(C)O)cc2)cc1C. The van der Waals surface area contributed by atoms with Crippen molar-refractivity contribution in [2.24, 2.45) is 0 Å². The number of anilines is 1. The van der Waals surface area contributed by atoms with Crippen LogP contribution in [0, 0.1) is 13.8 Å². The molecule has 20 heavy (non-hydrogen) atoms. The van der Waals surface area contributed by atoms with Crippen LogP contribution < -0.4 is 5.32 Å². The van der Waals surface area contributed by atoms with Gasteiger partial charge in [-0.2, -0.15) is 0 Å². The predicted octanol–water partition coefficient (Wildman–Crippen LogP) is 3.61. The summed E-state index contributed by atoms with van der Waals surface area (Å²) in [7, 11) is 0. The largest absolute Gasteiger partial charge is 0.389 e. The highest BCUT2D eigenvalue weighted by molar-refractivity contribution is 6.04. The summed E-state index contributed by atoms with van der Waals surface area (Å²) in [6, 6.07) is 12.8. The number of hydrogen-bond donors (Lipinski definition) is 2. The van der Waals surface area contributed by atoms with Gasteiger partial charge in [0.1, 0.15) is 0 Å². The molecule has 1 atom stereocenters. The molecule has 0 aliphatic carbocycles. The summed E-state index contributed by atoms with van der Waals surface area (Å²) in [5.41, 5.74) is 4.46. The number of hydrogen-bond acceptors (Lipinski definition) is 2. The standard InChI is InChI=1S/C17H19NO2/c1-11-4-5-15(10-12(11)2)17(20)18-16-8-6-14(7-9-16)13(3)19/h4-10,13,19H,1-3H3,(H,18,20). The van der Waals surface area contributed by atoms with Crippen molar-refractivity contribution >= 4 is 11.6 Å². The third kappa shape index (κ3) is 3.25. The number of carbonyl (C=O) groups is 1. The zero-order chi connectivity index (χ0) is 14.7. The molecule has 2 N–H and O–H groups in total. The Labute approximate surface area is 119 Å². The Hall–Kier alpha value is -2.13. The maximum absolute atomic E-state index is 12.1. The molecule has 2 rings (SSSR count). The van der Waals surface area contributed by atoms with Gasteiger partial charge in [-0.15, -0.1) is 0 Å². The average Bonchev–Trinajstić information content (AvgIpc) is 2.42. The molecule has 2 aromatic carbocycles. The van der Waals surface area contributed by atoms with Crippen LogP contribution in [-0.2, 0) is 0 Å². The second-order valence-electron chi connectivity index (χ2n) is 5.05. The summed E-state index contributed by atoms with van der Waals surface area (Å²) < 4.78 is 0. The third-order valence-electron chi connectivity index (χ3n) is 3.42. The minimum Gasteiger partial charge on any atom is -0.389 e. The zero-order valence-corrected chi connectivity index (χ0v) is 12.0. The maximum Gasteiger partial charge on any atom is 0.255 e. The van der Waals surface area contributed by atoms with E-state index in [0.717, 1.165) is 16.8 Å². The van der Waals surface area contributed by atoms with Crippen molar-refractivity contribution in [2.45, 2.75) is 26.9 Å². The Morgan fingerprint density at radius 1 is 1.05 bits per heavy atom. The van der Waals surface area contributed by atoms with Crippen molar-refractivity contribution in [3.05, 3.63) is 64.7 Å². The van der Waals surface area contributed by atoms with E-state index in [2.05, 4.69) is 5.32 Å². The molecule has 0 spiro atoms. The van der Waals surface area contributed by atoms with Crippen LogP contribution in [0.2, 0.25) is 0 Å². The van der Waals surface area contributed by atoms with E-state index in [9.17, 15) is 9.90 Å². The number of nitrogens with one attached hydrogen (secondary N) is 1. The maximum atomic E-state index is 12.1. The van der Waals surface area contributed by atoms with Crippen LogP contribution in [0.3, 0.4) is 0 Å². The van der Waals surface area contributed by atoms with Gasteiger partial charge < -0.3 is 10.4 Å². The molecule has 0 fully saturated rings. The molecule has 0 heterocycles. The summed E-state index contributed by atoms with van der Waals surface area (Å²) in [6.45, 7) is 5.72. The van der Waals surface area contributed by atoms with Crippen LogP contribution in [-0.4, -0.2) is 11.0 Å². The number of amides is 1. The summed E-state index contributed by atoms with van der Waals surface area (Å²) in [6.07, 6.45) is -0.500. The first-order chi connectivity index (χ1) is 9.47. The summed E-state index contributed by atoms with van der Waals surface area (Å²) in [5, 5.41) is 12.3. The van der Waals surface area contributed by atoms with Gasteiger partial charge in [-0.1, -0.05) is 18.2 Å². The molecule has 3 nitrogen and oxygen atoms in total. The molecule has 0 saturated heterocycles. The molecular weight excluding hydrogens is 250 g/mol. The predicted molar refractivity (Wildman–Crippen MR) is 80.9 cm³/mol. The quantitative estimate of drug-likeness (QED) is 0.894. The number of carbonyl (C=O) groups excluding carboxylic acids is 1. The van der Waals surface area contributed by atoms with Gasteiger partial charge in [-0.05, 0) is 61.7 Å². The van der Waals surface area contributed by atoms with Crippen LogP contribution in [0.15, 0.2) is 42.5 Å². The van der Waals surface area contributed by atoms with Gasteiger partial charge in [0.25, 0.3) is 5.91 Å². The van der Waals surface area contributed by atoms with Crippen molar-refractivity contribution in [3.63, 3.8) is 0 Å². The highest BCUT2D eigenvalue weighted by atomic mass is 16.3. The number of rotatable bonds is 3. The first-order valence-electron chi connectivity index (χ1n) is 6.64. The topological polar surface area (TPSA) is 49.3 Å². The fourth-order valence-corrected chi connectivity index (χ4v) is 1.93. The normalized spacial score (nSPS) is 12.0. The van der Waals surface area contributed by atoms with Crippen LogP contribution in [0.5, 0.6) is 0 Å². The lowest BCUT2D eigenvalue weighted by Gasteiger charge is -2.09. The average molecular weight is 269 g/mol. The molecule has 0 aromatic heterocycles. The molecule has 0 saturated carbocycles. The fraction of sp³-hybridized carbons (Fsp3) is 0.235. The minimum atomic E-state index is -0.500. The lowest BCUT2D eigenvalue weighted by Crippen LogP contribution is -2.12. The van der Waals surface area contributed by atoms with Crippen molar-refractivity contribution < 1.29 is 9.90 Å². The number of benzene rings is 2.